The lowest BCUT2D eigenvalue weighted by molar-refractivity contribution is 0.501. The van der Waals surface area contributed by atoms with E-state index in [0.29, 0.717) is 34.0 Å². The summed E-state index contributed by atoms with van der Waals surface area (Å²) in [6.45, 7) is 1.58. The van der Waals surface area contributed by atoms with E-state index in [1.165, 1.54) is 6.33 Å². The SMILES string of the molecule is N#Cc1c(N2CCCC(N)C2)n(-c2ccc(Cl)cc2)c2c(=O)n(Cc3nccc4ccccc34)cnc12. The summed E-state index contributed by atoms with van der Waals surface area (Å²) in [4.78, 5) is 25.3. The highest BCUT2D eigenvalue weighted by Crippen LogP contribution is 2.34. The zero-order valence-electron chi connectivity index (χ0n) is 20.0. The van der Waals surface area contributed by atoms with Gasteiger partial charge in [0.1, 0.15) is 28.5 Å². The van der Waals surface area contributed by atoms with Gasteiger partial charge in [0, 0.05) is 41.4 Å². The van der Waals surface area contributed by atoms with Gasteiger partial charge < -0.3 is 10.6 Å². The Morgan fingerprint density at radius 3 is 2.70 bits per heavy atom. The molecule has 5 aromatic rings. The van der Waals surface area contributed by atoms with Crippen LogP contribution in [0.2, 0.25) is 5.02 Å². The molecule has 0 spiro atoms. The van der Waals surface area contributed by atoms with Crippen molar-refractivity contribution in [2.75, 3.05) is 18.0 Å². The van der Waals surface area contributed by atoms with E-state index in [1.54, 1.807) is 22.9 Å². The van der Waals surface area contributed by atoms with E-state index in [2.05, 4.69) is 20.9 Å². The number of anilines is 1. The molecule has 1 saturated heterocycles. The van der Waals surface area contributed by atoms with Crippen LogP contribution in [0, 0.1) is 11.3 Å². The molecule has 0 saturated carbocycles. The zero-order valence-corrected chi connectivity index (χ0v) is 20.8. The first kappa shape index (κ1) is 23.2. The summed E-state index contributed by atoms with van der Waals surface area (Å²) >= 11 is 6.18. The summed E-state index contributed by atoms with van der Waals surface area (Å²) in [6.07, 6.45) is 5.07. The smallest absolute Gasteiger partial charge is 0.278 e. The van der Waals surface area contributed by atoms with Gasteiger partial charge in [-0.25, -0.2) is 4.98 Å². The van der Waals surface area contributed by atoms with Crippen molar-refractivity contribution >= 4 is 39.2 Å². The highest BCUT2D eigenvalue weighted by Gasteiger charge is 2.29. The molecule has 3 aromatic heterocycles. The molecule has 0 aliphatic carbocycles. The number of nitrogens with zero attached hydrogens (tertiary/aromatic N) is 6. The number of nitrogens with two attached hydrogens (primary N) is 1. The van der Waals surface area contributed by atoms with Gasteiger partial charge in [0.15, 0.2) is 0 Å². The van der Waals surface area contributed by atoms with E-state index in [0.717, 1.165) is 41.5 Å². The highest BCUT2D eigenvalue weighted by molar-refractivity contribution is 6.30. The lowest BCUT2D eigenvalue weighted by atomic mass is 10.1. The average molecular weight is 510 g/mol. The number of fused-ring (bicyclic) bond motifs is 2. The molecule has 1 fully saturated rings. The molecular weight excluding hydrogens is 486 g/mol. The van der Waals surface area contributed by atoms with Crippen molar-refractivity contribution in [2.24, 2.45) is 5.73 Å². The van der Waals surface area contributed by atoms with Crippen molar-refractivity contribution in [3.05, 3.63) is 93.8 Å². The molecule has 1 aliphatic heterocycles. The monoisotopic (exact) mass is 509 g/mol. The highest BCUT2D eigenvalue weighted by atomic mass is 35.5. The maximum Gasteiger partial charge on any atom is 0.278 e. The molecule has 1 unspecified atom stereocenters. The third-order valence-electron chi connectivity index (χ3n) is 6.94. The van der Waals surface area contributed by atoms with Gasteiger partial charge in [-0.3, -0.25) is 18.9 Å². The molecule has 8 nitrogen and oxygen atoms in total. The average Bonchev–Trinajstić information content (AvgIpc) is 3.26. The lowest BCUT2D eigenvalue weighted by Crippen LogP contribution is -2.43. The Labute approximate surface area is 218 Å². The number of hydrogen-bond acceptors (Lipinski definition) is 6. The van der Waals surface area contributed by atoms with Gasteiger partial charge in [-0.1, -0.05) is 35.9 Å². The molecule has 1 aliphatic rings. The number of aromatic nitrogens is 4. The lowest BCUT2D eigenvalue weighted by Gasteiger charge is -2.33. The van der Waals surface area contributed by atoms with Crippen molar-refractivity contribution in [1.29, 1.82) is 5.26 Å². The molecular formula is C28H24ClN7O. The van der Waals surface area contributed by atoms with Crippen LogP contribution in [0.1, 0.15) is 24.1 Å². The molecule has 0 amide bonds. The van der Waals surface area contributed by atoms with Crippen LogP contribution in [0.25, 0.3) is 27.5 Å². The summed E-state index contributed by atoms with van der Waals surface area (Å²) < 4.78 is 3.39. The number of hydrogen-bond donors (Lipinski definition) is 1. The fourth-order valence-electron chi connectivity index (χ4n) is 5.22. The number of rotatable bonds is 4. The van der Waals surface area contributed by atoms with Crippen LogP contribution in [-0.4, -0.2) is 38.2 Å². The molecule has 1 atom stereocenters. The topological polar surface area (TPSA) is 106 Å². The van der Waals surface area contributed by atoms with Crippen LogP contribution in [0.5, 0.6) is 0 Å². The standard InChI is InChI=1S/C28H24ClN7O/c29-19-7-9-21(10-8-19)36-26-25(23(14-30)27(36)34-13-3-5-20(31)15-34)33-17-35(28(26)37)16-24-22-6-2-1-4-18(22)11-12-32-24/h1-2,4,6-12,17,20H,3,5,13,15-16,31H2. The first-order valence-corrected chi connectivity index (χ1v) is 12.6. The fraction of sp³-hybridized carbons (Fsp3) is 0.214. The van der Waals surface area contributed by atoms with E-state index in [9.17, 15) is 10.1 Å². The van der Waals surface area contributed by atoms with E-state index in [1.807, 2.05) is 47.0 Å². The molecule has 6 rings (SSSR count). The molecule has 0 bridgehead atoms. The number of halogens is 1. The predicted octanol–water partition coefficient (Wildman–Crippen LogP) is 4.24. The predicted molar refractivity (Wildman–Crippen MR) is 145 cm³/mol. The molecule has 0 radical (unpaired) electrons. The Hall–Kier alpha value is -4.19. The Morgan fingerprint density at radius 2 is 1.92 bits per heavy atom. The van der Waals surface area contributed by atoms with Gasteiger partial charge in [-0.15, -0.1) is 0 Å². The molecule has 2 N–H and O–H groups in total. The Kier molecular flexibility index (Phi) is 5.87. The van der Waals surface area contributed by atoms with Crippen LogP contribution in [0.15, 0.2) is 71.9 Å². The van der Waals surface area contributed by atoms with Crippen LogP contribution < -0.4 is 16.2 Å². The molecule has 9 heteroatoms. The van der Waals surface area contributed by atoms with Crippen LogP contribution >= 0.6 is 11.6 Å². The van der Waals surface area contributed by atoms with Gasteiger partial charge in [0.05, 0.1) is 18.6 Å². The maximum atomic E-state index is 14.1. The van der Waals surface area contributed by atoms with Crippen molar-refractivity contribution in [3.8, 4) is 11.8 Å². The molecule has 2 aromatic carbocycles. The second-order valence-corrected chi connectivity index (χ2v) is 9.76. The normalized spacial score (nSPS) is 15.8. The summed E-state index contributed by atoms with van der Waals surface area (Å²) in [6, 6.07) is 19.4. The van der Waals surface area contributed by atoms with Crippen molar-refractivity contribution < 1.29 is 0 Å². The second-order valence-electron chi connectivity index (χ2n) is 9.32. The van der Waals surface area contributed by atoms with Crippen LogP contribution in [0.4, 0.5) is 5.82 Å². The van der Waals surface area contributed by atoms with Crippen LogP contribution in [0.3, 0.4) is 0 Å². The number of benzene rings is 2. The summed E-state index contributed by atoms with van der Waals surface area (Å²) in [7, 11) is 0. The van der Waals surface area contributed by atoms with Crippen molar-refractivity contribution in [1.82, 2.24) is 19.1 Å². The third kappa shape index (κ3) is 4.02. The number of piperidine rings is 1. The van der Waals surface area contributed by atoms with E-state index >= 15 is 0 Å². The van der Waals surface area contributed by atoms with Gasteiger partial charge >= 0.3 is 0 Å². The Morgan fingerprint density at radius 1 is 1.11 bits per heavy atom. The number of nitriles is 1. The van der Waals surface area contributed by atoms with Crippen molar-refractivity contribution in [2.45, 2.75) is 25.4 Å². The summed E-state index contributed by atoms with van der Waals surface area (Å²) in [5.74, 6) is 0.639. The quantitative estimate of drug-likeness (QED) is 0.388. The minimum Gasteiger partial charge on any atom is -0.355 e. The van der Waals surface area contributed by atoms with Crippen molar-refractivity contribution in [3.63, 3.8) is 0 Å². The van der Waals surface area contributed by atoms with E-state index in [-0.39, 0.29) is 18.1 Å². The van der Waals surface area contributed by atoms with Gasteiger partial charge in [0.25, 0.3) is 5.56 Å². The van der Waals surface area contributed by atoms with Gasteiger partial charge in [0.2, 0.25) is 0 Å². The summed E-state index contributed by atoms with van der Waals surface area (Å²) in [5.41, 5.74) is 8.63. The molecule has 184 valence electrons. The maximum absolute atomic E-state index is 14.1. The molecule has 4 heterocycles. The fourth-order valence-corrected chi connectivity index (χ4v) is 5.34. The Bertz CT molecular complexity index is 1730. The first-order valence-electron chi connectivity index (χ1n) is 12.2. The third-order valence-corrected chi connectivity index (χ3v) is 7.19. The van der Waals surface area contributed by atoms with E-state index in [4.69, 9.17) is 17.3 Å². The van der Waals surface area contributed by atoms with E-state index < -0.39 is 0 Å². The zero-order chi connectivity index (χ0) is 25.5. The largest absolute Gasteiger partial charge is 0.355 e. The number of pyridine rings is 1. The van der Waals surface area contributed by atoms with Gasteiger partial charge in [-0.2, -0.15) is 5.26 Å². The van der Waals surface area contributed by atoms with Gasteiger partial charge in [-0.05, 0) is 48.6 Å². The summed E-state index contributed by atoms with van der Waals surface area (Å²) in [5, 5.41) is 12.8. The van der Waals surface area contributed by atoms with Crippen LogP contribution in [-0.2, 0) is 6.54 Å². The second kappa shape index (κ2) is 9.36. The molecule has 37 heavy (non-hydrogen) atoms. The minimum absolute atomic E-state index is 0.0148. The first-order chi connectivity index (χ1) is 18.0. The Balaban J connectivity index is 1.60. The minimum atomic E-state index is -0.251.